The van der Waals surface area contributed by atoms with Crippen LogP contribution in [0.5, 0.6) is 0 Å². The zero-order valence-electron chi connectivity index (χ0n) is 14.4. The lowest BCUT2D eigenvalue weighted by Crippen LogP contribution is -2.34. The molecule has 1 heterocycles. The molecule has 0 aliphatic rings. The van der Waals surface area contributed by atoms with Gasteiger partial charge in [0, 0.05) is 24.0 Å². The van der Waals surface area contributed by atoms with Crippen LogP contribution in [0.1, 0.15) is 30.6 Å². The Morgan fingerprint density at radius 2 is 1.75 bits per heavy atom. The summed E-state index contributed by atoms with van der Waals surface area (Å²) in [5, 5.41) is 0.900. The van der Waals surface area contributed by atoms with Gasteiger partial charge in [0.05, 0.1) is 16.8 Å². The van der Waals surface area contributed by atoms with Gasteiger partial charge in [-0.3, -0.25) is 4.79 Å². The highest BCUT2D eigenvalue weighted by Gasteiger charge is 2.20. The summed E-state index contributed by atoms with van der Waals surface area (Å²) in [7, 11) is 1.87. The number of carbonyl (C=O) groups excluding carboxylic acids is 1. The fraction of sp³-hybridized carbons (Fsp3) is 0.238. The second kappa shape index (κ2) is 6.83. The van der Waals surface area contributed by atoms with E-state index in [0.717, 1.165) is 28.6 Å². The number of para-hydroxylation sites is 1. The van der Waals surface area contributed by atoms with Crippen LogP contribution >= 0.6 is 0 Å². The van der Waals surface area contributed by atoms with E-state index in [1.807, 2.05) is 72.6 Å². The molecular formula is C21H22N2O. The Bertz CT molecular complexity index is 858. The van der Waals surface area contributed by atoms with Gasteiger partial charge in [0.25, 0.3) is 5.91 Å². The molecule has 24 heavy (non-hydrogen) atoms. The van der Waals surface area contributed by atoms with Crippen LogP contribution in [0.2, 0.25) is 0 Å². The number of aromatic nitrogens is 1. The Hall–Kier alpha value is -2.68. The minimum absolute atomic E-state index is 0.0418. The van der Waals surface area contributed by atoms with Gasteiger partial charge in [-0.25, -0.2) is 4.98 Å². The number of rotatable bonds is 4. The minimum Gasteiger partial charge on any atom is -0.339 e. The lowest BCUT2D eigenvalue weighted by molar-refractivity contribution is 0.0742. The second-order valence-electron chi connectivity index (χ2n) is 6.11. The molecule has 0 bridgehead atoms. The van der Waals surface area contributed by atoms with Crippen LogP contribution in [-0.2, 0) is 0 Å². The molecule has 3 nitrogen and oxygen atoms in total. The summed E-state index contributed by atoms with van der Waals surface area (Å²) in [5.74, 6) is 0.0418. The summed E-state index contributed by atoms with van der Waals surface area (Å²) >= 11 is 0. The number of benzene rings is 2. The number of amides is 1. The monoisotopic (exact) mass is 318 g/mol. The first kappa shape index (κ1) is 16.2. The Balaban J connectivity index is 2.17. The highest BCUT2D eigenvalue weighted by Crippen LogP contribution is 2.26. The van der Waals surface area contributed by atoms with E-state index < -0.39 is 0 Å². The Labute approximate surface area is 143 Å². The largest absolute Gasteiger partial charge is 0.339 e. The van der Waals surface area contributed by atoms with Crippen molar-refractivity contribution in [2.24, 2.45) is 0 Å². The van der Waals surface area contributed by atoms with Crippen molar-refractivity contribution in [1.82, 2.24) is 9.88 Å². The van der Waals surface area contributed by atoms with Gasteiger partial charge in [-0.1, -0.05) is 55.5 Å². The molecule has 0 fully saturated rings. The number of hydrogen-bond donors (Lipinski definition) is 0. The van der Waals surface area contributed by atoms with Crippen molar-refractivity contribution in [3.05, 3.63) is 66.2 Å². The first-order valence-corrected chi connectivity index (χ1v) is 8.34. The summed E-state index contributed by atoms with van der Waals surface area (Å²) in [6.45, 7) is 4.16. The average Bonchev–Trinajstić information content (AvgIpc) is 2.66. The molecule has 122 valence electrons. The summed E-state index contributed by atoms with van der Waals surface area (Å²) in [4.78, 5) is 19.6. The van der Waals surface area contributed by atoms with E-state index >= 15 is 0 Å². The van der Waals surface area contributed by atoms with Crippen LogP contribution in [0.4, 0.5) is 0 Å². The van der Waals surface area contributed by atoms with Gasteiger partial charge in [-0.15, -0.1) is 0 Å². The maximum absolute atomic E-state index is 13.0. The van der Waals surface area contributed by atoms with Crippen LogP contribution < -0.4 is 0 Å². The van der Waals surface area contributed by atoms with Crippen molar-refractivity contribution in [3.63, 3.8) is 0 Å². The average molecular weight is 318 g/mol. The molecule has 1 unspecified atom stereocenters. The van der Waals surface area contributed by atoms with Gasteiger partial charge in [-0.2, -0.15) is 0 Å². The van der Waals surface area contributed by atoms with E-state index in [9.17, 15) is 4.79 Å². The zero-order chi connectivity index (χ0) is 17.1. The van der Waals surface area contributed by atoms with Gasteiger partial charge in [0.15, 0.2) is 0 Å². The van der Waals surface area contributed by atoms with Crippen LogP contribution in [-0.4, -0.2) is 28.9 Å². The van der Waals surface area contributed by atoms with Gasteiger partial charge < -0.3 is 4.90 Å². The fourth-order valence-corrected chi connectivity index (χ4v) is 2.77. The summed E-state index contributed by atoms with van der Waals surface area (Å²) in [6.07, 6.45) is 0.927. The normalized spacial score (nSPS) is 12.1. The highest BCUT2D eigenvalue weighted by atomic mass is 16.2. The molecule has 1 atom stereocenters. The van der Waals surface area contributed by atoms with Crippen LogP contribution in [0.15, 0.2) is 60.7 Å². The molecule has 0 aliphatic carbocycles. The van der Waals surface area contributed by atoms with Crippen LogP contribution in [0.3, 0.4) is 0 Å². The first-order chi connectivity index (χ1) is 11.6. The third-order valence-corrected chi connectivity index (χ3v) is 4.59. The van der Waals surface area contributed by atoms with Crippen molar-refractivity contribution in [2.45, 2.75) is 26.3 Å². The maximum atomic E-state index is 13.0. The number of carbonyl (C=O) groups is 1. The molecule has 0 radical (unpaired) electrons. The molecule has 3 heteroatoms. The molecule has 0 spiro atoms. The number of hydrogen-bond acceptors (Lipinski definition) is 2. The quantitative estimate of drug-likeness (QED) is 0.694. The summed E-state index contributed by atoms with van der Waals surface area (Å²) < 4.78 is 0. The molecule has 3 aromatic rings. The molecule has 2 aromatic carbocycles. The van der Waals surface area contributed by atoms with E-state index in [1.165, 1.54) is 0 Å². The van der Waals surface area contributed by atoms with Crippen LogP contribution in [0.25, 0.3) is 22.2 Å². The van der Waals surface area contributed by atoms with E-state index in [4.69, 9.17) is 4.98 Å². The predicted molar refractivity (Wildman–Crippen MR) is 99.0 cm³/mol. The third-order valence-electron chi connectivity index (χ3n) is 4.59. The molecule has 0 aliphatic heterocycles. The molecule has 0 saturated carbocycles. The molecule has 1 amide bonds. The number of nitrogens with zero attached hydrogens (tertiary/aromatic N) is 2. The second-order valence-corrected chi connectivity index (χ2v) is 6.11. The van der Waals surface area contributed by atoms with Crippen molar-refractivity contribution in [2.75, 3.05) is 7.05 Å². The molecular weight excluding hydrogens is 296 g/mol. The lowest BCUT2D eigenvalue weighted by Gasteiger charge is -2.24. The van der Waals surface area contributed by atoms with E-state index in [2.05, 4.69) is 13.8 Å². The third kappa shape index (κ3) is 3.02. The van der Waals surface area contributed by atoms with Gasteiger partial charge in [0.2, 0.25) is 0 Å². The van der Waals surface area contributed by atoms with Crippen LogP contribution in [0, 0.1) is 0 Å². The highest BCUT2D eigenvalue weighted by molar-refractivity contribution is 6.07. The van der Waals surface area contributed by atoms with Gasteiger partial charge in [-0.05, 0) is 25.5 Å². The smallest absolute Gasteiger partial charge is 0.254 e. The summed E-state index contributed by atoms with van der Waals surface area (Å²) in [5.41, 5.74) is 3.40. The molecule has 0 saturated heterocycles. The Morgan fingerprint density at radius 3 is 2.46 bits per heavy atom. The van der Waals surface area contributed by atoms with Crippen molar-refractivity contribution < 1.29 is 4.79 Å². The number of fused-ring (bicyclic) bond motifs is 1. The van der Waals surface area contributed by atoms with E-state index in [-0.39, 0.29) is 11.9 Å². The van der Waals surface area contributed by atoms with Gasteiger partial charge >= 0.3 is 0 Å². The van der Waals surface area contributed by atoms with Gasteiger partial charge in [0.1, 0.15) is 0 Å². The first-order valence-electron chi connectivity index (χ1n) is 8.34. The predicted octanol–water partition coefficient (Wildman–Crippen LogP) is 4.77. The lowest BCUT2D eigenvalue weighted by atomic mass is 10.0. The topological polar surface area (TPSA) is 33.2 Å². The zero-order valence-corrected chi connectivity index (χ0v) is 14.4. The summed E-state index contributed by atoms with van der Waals surface area (Å²) in [6, 6.07) is 19.9. The van der Waals surface area contributed by atoms with Crippen molar-refractivity contribution >= 4 is 16.8 Å². The van der Waals surface area contributed by atoms with Crippen molar-refractivity contribution in [3.8, 4) is 11.3 Å². The SMILES string of the molecule is CCC(C)N(C)C(=O)c1cc(-c2ccccc2)nc2ccccc12. The molecule has 1 aromatic heterocycles. The Kier molecular flexibility index (Phi) is 4.61. The van der Waals surface area contributed by atoms with Crippen molar-refractivity contribution in [1.29, 1.82) is 0 Å². The Morgan fingerprint density at radius 1 is 1.08 bits per heavy atom. The minimum atomic E-state index is 0.0418. The van der Waals surface area contributed by atoms with E-state index in [1.54, 1.807) is 0 Å². The fourth-order valence-electron chi connectivity index (χ4n) is 2.77. The van der Waals surface area contributed by atoms with E-state index in [0.29, 0.717) is 5.56 Å². The standard InChI is InChI=1S/C21H22N2O/c1-4-15(2)23(3)21(24)18-14-20(16-10-6-5-7-11-16)22-19-13-9-8-12-17(18)19/h5-15H,4H2,1-3H3. The number of pyridine rings is 1. The molecule has 0 N–H and O–H groups in total. The maximum Gasteiger partial charge on any atom is 0.254 e. The molecule has 3 rings (SSSR count).